The van der Waals surface area contributed by atoms with Gasteiger partial charge in [-0.15, -0.1) is 10.2 Å². The Morgan fingerprint density at radius 1 is 0.635 bits per heavy atom. The minimum absolute atomic E-state index is 0.0231. The SMILES string of the molecule is Cc1cc(N=Nc2cccc3c(S(=O)(=O)O)cccc23)c(N)cc1N=[N+]([O-])c1ccc(C=Cc2ccc([N+](=O)[O-])cc2S(=O)(=O)O)c(S(=O)(=O)O)c1. The van der Waals surface area contributed by atoms with Gasteiger partial charge in [-0.1, -0.05) is 41.3 Å². The maximum Gasteiger partial charge on any atom is 0.295 e. The van der Waals surface area contributed by atoms with E-state index in [1.807, 2.05) is 0 Å². The molecule has 5 rings (SSSR count). The van der Waals surface area contributed by atoms with Gasteiger partial charge in [0.25, 0.3) is 36.0 Å². The van der Waals surface area contributed by atoms with Gasteiger partial charge in [0.1, 0.15) is 26.1 Å². The first kappa shape index (κ1) is 37.3. The summed E-state index contributed by atoms with van der Waals surface area (Å²) >= 11 is 0. The fourth-order valence-corrected chi connectivity index (χ4v) is 7.03. The summed E-state index contributed by atoms with van der Waals surface area (Å²) in [4.78, 5) is 8.32. The lowest BCUT2D eigenvalue weighted by Gasteiger charge is -2.08. The van der Waals surface area contributed by atoms with Crippen molar-refractivity contribution in [3.63, 3.8) is 0 Å². The predicted molar refractivity (Wildman–Crippen MR) is 187 cm³/mol. The second-order valence-corrected chi connectivity index (χ2v) is 15.0. The minimum Gasteiger partial charge on any atom is -0.594 e. The number of fused-ring (bicyclic) bond motifs is 1. The molecule has 0 aliphatic heterocycles. The second-order valence-electron chi connectivity index (χ2n) is 10.9. The number of benzene rings is 5. The van der Waals surface area contributed by atoms with E-state index < -0.39 is 50.8 Å². The number of non-ortho nitro benzene ring substituents is 1. The predicted octanol–water partition coefficient (Wildman–Crippen LogP) is 6.89. The highest BCUT2D eigenvalue weighted by atomic mass is 32.2. The molecule has 0 fully saturated rings. The van der Waals surface area contributed by atoms with Crippen molar-refractivity contribution in [2.75, 3.05) is 5.73 Å². The molecule has 0 bridgehead atoms. The van der Waals surface area contributed by atoms with Crippen molar-refractivity contribution in [1.82, 2.24) is 0 Å². The van der Waals surface area contributed by atoms with Crippen molar-refractivity contribution in [2.24, 2.45) is 15.3 Å². The smallest absolute Gasteiger partial charge is 0.295 e. The quantitative estimate of drug-likeness (QED) is 0.0214. The van der Waals surface area contributed by atoms with Crippen LogP contribution in [0.5, 0.6) is 0 Å². The van der Waals surface area contributed by atoms with Crippen LogP contribution >= 0.6 is 0 Å². The van der Waals surface area contributed by atoms with E-state index in [1.165, 1.54) is 36.4 Å². The van der Waals surface area contributed by atoms with Crippen LogP contribution in [0.15, 0.2) is 115 Å². The van der Waals surface area contributed by atoms with Gasteiger partial charge < -0.3 is 10.9 Å². The lowest BCUT2D eigenvalue weighted by atomic mass is 10.1. The Hall–Kier alpha value is -5.97. The molecule has 0 aromatic heterocycles. The Morgan fingerprint density at radius 3 is 1.73 bits per heavy atom. The van der Waals surface area contributed by atoms with Crippen LogP contribution in [0.2, 0.25) is 0 Å². The molecule has 0 radical (unpaired) electrons. The molecule has 0 saturated heterocycles. The average molecular weight is 769 g/mol. The number of aryl methyl sites for hydroxylation is 1. The van der Waals surface area contributed by atoms with E-state index in [0.717, 1.165) is 42.5 Å². The largest absolute Gasteiger partial charge is 0.594 e. The Bertz CT molecular complexity index is 2730. The van der Waals surface area contributed by atoms with Crippen molar-refractivity contribution < 1.29 is 48.7 Å². The molecule has 5 aromatic carbocycles. The second kappa shape index (κ2) is 14.0. The first-order chi connectivity index (χ1) is 24.2. The standard InChI is InChI=1S/C31H24N6O12S3/c1-18-14-28(34-33-26-6-2-5-24-23(26)4-3-7-29(24)50(41,42)43)25(32)17-27(18)35-36(38)21-12-10-19(30(15-21)51(44,45)46)8-9-20-11-13-22(37(39)40)16-31(20)52(47,48)49/h2-17H,32H2,1H3,(H,41,42,43)(H,44,45,46)(H,47,48,49). The zero-order valence-corrected chi connectivity index (χ0v) is 28.7. The molecule has 0 unspecified atom stereocenters. The Morgan fingerprint density at radius 2 is 1.15 bits per heavy atom. The number of nitro groups is 1. The van der Waals surface area contributed by atoms with Gasteiger partial charge in [-0.05, 0) is 60.0 Å². The van der Waals surface area contributed by atoms with Gasteiger partial charge >= 0.3 is 0 Å². The highest BCUT2D eigenvalue weighted by Gasteiger charge is 2.22. The summed E-state index contributed by atoms with van der Waals surface area (Å²) in [7, 11) is -14.5. The van der Waals surface area contributed by atoms with Gasteiger partial charge in [-0.3, -0.25) is 23.8 Å². The van der Waals surface area contributed by atoms with Crippen LogP contribution < -0.4 is 5.73 Å². The van der Waals surface area contributed by atoms with Gasteiger partial charge in [-0.25, -0.2) is 0 Å². The number of hydrogen-bond acceptors (Lipinski definition) is 13. The fourth-order valence-electron chi connectivity index (χ4n) is 4.91. The Kier molecular flexibility index (Phi) is 10.0. The van der Waals surface area contributed by atoms with Crippen molar-refractivity contribution in [3.05, 3.63) is 117 Å². The third kappa shape index (κ3) is 8.15. The van der Waals surface area contributed by atoms with Gasteiger partial charge in [-0.2, -0.15) is 25.3 Å². The van der Waals surface area contributed by atoms with E-state index >= 15 is 0 Å². The Labute approximate surface area is 294 Å². The van der Waals surface area contributed by atoms with Gasteiger partial charge in [0.2, 0.25) is 5.69 Å². The third-order valence-corrected chi connectivity index (χ3v) is 10.1. The van der Waals surface area contributed by atoms with E-state index in [9.17, 15) is 54.2 Å². The van der Waals surface area contributed by atoms with E-state index in [-0.39, 0.29) is 54.7 Å². The first-order valence-electron chi connectivity index (χ1n) is 14.3. The van der Waals surface area contributed by atoms with Crippen LogP contribution in [0.3, 0.4) is 0 Å². The van der Waals surface area contributed by atoms with E-state index in [0.29, 0.717) is 17.0 Å². The van der Waals surface area contributed by atoms with Gasteiger partial charge in [0, 0.05) is 40.2 Å². The molecule has 18 nitrogen and oxygen atoms in total. The Balaban J connectivity index is 1.47. The molecule has 52 heavy (non-hydrogen) atoms. The molecule has 0 aliphatic carbocycles. The summed E-state index contributed by atoms with van der Waals surface area (Å²) in [6, 6.07) is 17.2. The molecule has 0 amide bonds. The summed E-state index contributed by atoms with van der Waals surface area (Å²) < 4.78 is 101. The molecule has 0 atom stereocenters. The summed E-state index contributed by atoms with van der Waals surface area (Å²) in [5.74, 6) is 0. The monoisotopic (exact) mass is 768 g/mol. The van der Waals surface area contributed by atoms with Crippen molar-refractivity contribution >= 4 is 87.4 Å². The van der Waals surface area contributed by atoms with E-state index in [1.54, 1.807) is 19.1 Å². The number of azo groups is 2. The van der Waals surface area contributed by atoms with Crippen molar-refractivity contribution in [2.45, 2.75) is 21.6 Å². The fraction of sp³-hybridized carbons (Fsp3) is 0.0323. The molecule has 0 aliphatic rings. The average Bonchev–Trinajstić information content (AvgIpc) is 3.06. The minimum atomic E-state index is -5.00. The summed E-state index contributed by atoms with van der Waals surface area (Å²) in [5, 5.41) is 37.0. The number of nitrogen functional groups attached to an aromatic ring is 1. The van der Waals surface area contributed by atoms with Gasteiger partial charge in [0.05, 0.1) is 16.3 Å². The van der Waals surface area contributed by atoms with Crippen LogP contribution in [0.4, 0.5) is 34.1 Å². The summed E-state index contributed by atoms with van der Waals surface area (Å²) in [5.41, 5.74) is 5.54. The maximum absolute atomic E-state index is 13.1. The van der Waals surface area contributed by atoms with Crippen LogP contribution in [0.1, 0.15) is 16.7 Å². The zero-order chi connectivity index (χ0) is 38.2. The number of nitrogens with two attached hydrogens (primary N) is 1. The van der Waals surface area contributed by atoms with Crippen LogP contribution in [-0.4, -0.2) is 48.7 Å². The molecule has 21 heteroatoms. The highest BCUT2D eigenvalue weighted by molar-refractivity contribution is 7.86. The lowest BCUT2D eigenvalue weighted by molar-refractivity contribution is -0.435. The van der Waals surface area contributed by atoms with Crippen LogP contribution in [-0.2, 0) is 30.4 Å². The zero-order valence-electron chi connectivity index (χ0n) is 26.3. The van der Waals surface area contributed by atoms with Crippen molar-refractivity contribution in [3.8, 4) is 0 Å². The molecule has 0 heterocycles. The topological polar surface area (TPSA) is 295 Å². The first-order valence-corrected chi connectivity index (χ1v) is 18.6. The molecule has 268 valence electrons. The molecular weight excluding hydrogens is 745 g/mol. The number of nitrogens with zero attached hydrogens (tertiary/aromatic N) is 5. The molecule has 5 aromatic rings. The number of rotatable bonds is 10. The van der Waals surface area contributed by atoms with Crippen LogP contribution in [0.25, 0.3) is 22.9 Å². The highest BCUT2D eigenvalue weighted by Crippen LogP contribution is 2.36. The number of anilines is 1. The summed E-state index contributed by atoms with van der Waals surface area (Å²) in [6.45, 7) is 1.57. The number of nitro benzene ring substituents is 1. The molecule has 0 spiro atoms. The van der Waals surface area contributed by atoms with E-state index in [4.69, 9.17) is 5.73 Å². The van der Waals surface area contributed by atoms with Gasteiger partial charge in [0.15, 0.2) is 0 Å². The van der Waals surface area contributed by atoms with Crippen LogP contribution in [0, 0.1) is 22.2 Å². The maximum atomic E-state index is 13.1. The van der Waals surface area contributed by atoms with Crippen molar-refractivity contribution in [1.29, 1.82) is 0 Å². The lowest BCUT2D eigenvalue weighted by Crippen LogP contribution is -2.03. The van der Waals surface area contributed by atoms with E-state index in [2.05, 4.69) is 15.3 Å². The number of hydrogen-bond donors (Lipinski definition) is 4. The molecular formula is C31H24N6O12S3. The normalized spacial score (nSPS) is 13.0. The summed E-state index contributed by atoms with van der Waals surface area (Å²) in [6.07, 6.45) is 2.07. The molecule has 0 saturated carbocycles. The molecule has 5 N–H and O–H groups in total. The third-order valence-electron chi connectivity index (χ3n) is 7.37.